The van der Waals surface area contributed by atoms with Crippen molar-refractivity contribution in [3.05, 3.63) is 35.4 Å². The van der Waals surface area contributed by atoms with E-state index in [1.807, 2.05) is 31.2 Å². The second-order valence-electron chi connectivity index (χ2n) is 2.20. The number of aryl methyl sites for hydroxylation is 1. The molecule has 11 heavy (non-hydrogen) atoms. The monoisotopic (exact) mass is 144 g/mol. The van der Waals surface area contributed by atoms with Crippen molar-refractivity contribution < 1.29 is 4.79 Å². The Kier molecular flexibility index (Phi) is 2.46. The highest BCUT2D eigenvalue weighted by Gasteiger charge is 1.88. The van der Waals surface area contributed by atoms with Gasteiger partial charge >= 0.3 is 0 Å². The van der Waals surface area contributed by atoms with E-state index in [4.69, 9.17) is 0 Å². The second kappa shape index (κ2) is 3.58. The first-order valence-electron chi connectivity index (χ1n) is 3.35. The lowest BCUT2D eigenvalue weighted by Crippen LogP contribution is -1.79. The molecule has 0 amide bonds. The van der Waals surface area contributed by atoms with Gasteiger partial charge in [0.2, 0.25) is 0 Å². The predicted octanol–water partition coefficient (Wildman–Crippen LogP) is 1.55. The average Bonchev–Trinajstić information content (AvgIpc) is 2.03. The van der Waals surface area contributed by atoms with Gasteiger partial charge < -0.3 is 0 Å². The lowest BCUT2D eigenvalue weighted by Gasteiger charge is -1.93. The summed E-state index contributed by atoms with van der Waals surface area (Å²) in [5.74, 6) is 5.12. The number of benzene rings is 1. The Morgan fingerprint density at radius 1 is 1.36 bits per heavy atom. The van der Waals surface area contributed by atoms with Gasteiger partial charge in [0.1, 0.15) is 0 Å². The van der Waals surface area contributed by atoms with Crippen LogP contribution >= 0.6 is 0 Å². The fourth-order valence-electron chi connectivity index (χ4n) is 0.820. The SMILES string of the molecule is Cc1ccccc1C#CC=O. The largest absolute Gasteiger partial charge is 0.289 e. The highest BCUT2D eigenvalue weighted by atomic mass is 16.1. The lowest BCUT2D eigenvalue weighted by molar-refractivity contribution is -0.103. The van der Waals surface area contributed by atoms with Gasteiger partial charge in [-0.3, -0.25) is 4.79 Å². The third-order valence-electron chi connectivity index (χ3n) is 1.41. The Balaban J connectivity index is 3.03. The summed E-state index contributed by atoms with van der Waals surface area (Å²) in [5, 5.41) is 0. The molecule has 0 aliphatic heterocycles. The summed E-state index contributed by atoms with van der Waals surface area (Å²) in [6.07, 6.45) is 0.604. The van der Waals surface area contributed by atoms with Crippen LogP contribution < -0.4 is 0 Å². The zero-order valence-corrected chi connectivity index (χ0v) is 6.29. The van der Waals surface area contributed by atoms with Crippen LogP contribution in [-0.2, 0) is 4.79 Å². The fourth-order valence-corrected chi connectivity index (χ4v) is 0.820. The molecule has 0 saturated heterocycles. The molecule has 0 aliphatic carbocycles. The maximum atomic E-state index is 9.92. The molecule has 1 aromatic rings. The Morgan fingerprint density at radius 2 is 2.09 bits per heavy atom. The number of carbonyl (C=O) groups excluding carboxylic acids is 1. The van der Waals surface area contributed by atoms with Crippen molar-refractivity contribution in [3.8, 4) is 11.8 Å². The maximum absolute atomic E-state index is 9.92. The quantitative estimate of drug-likeness (QED) is 0.399. The van der Waals surface area contributed by atoms with E-state index < -0.39 is 0 Å². The molecular weight excluding hydrogens is 136 g/mol. The highest BCUT2D eigenvalue weighted by molar-refractivity contribution is 5.74. The molecule has 0 aromatic heterocycles. The zero-order valence-electron chi connectivity index (χ0n) is 6.29. The molecule has 1 aromatic carbocycles. The van der Waals surface area contributed by atoms with Gasteiger partial charge in [0.15, 0.2) is 6.29 Å². The van der Waals surface area contributed by atoms with E-state index in [2.05, 4.69) is 11.8 Å². The topological polar surface area (TPSA) is 17.1 Å². The molecule has 0 atom stereocenters. The molecule has 1 heteroatoms. The van der Waals surface area contributed by atoms with Crippen LogP contribution in [0, 0.1) is 18.8 Å². The van der Waals surface area contributed by atoms with E-state index in [9.17, 15) is 4.79 Å². The first-order valence-corrected chi connectivity index (χ1v) is 3.35. The van der Waals surface area contributed by atoms with Gasteiger partial charge in [0, 0.05) is 5.56 Å². The van der Waals surface area contributed by atoms with Crippen LogP contribution in [0.2, 0.25) is 0 Å². The normalized spacial score (nSPS) is 8.09. The molecule has 0 unspecified atom stereocenters. The van der Waals surface area contributed by atoms with Gasteiger partial charge in [-0.05, 0) is 24.5 Å². The molecule has 0 N–H and O–H groups in total. The number of rotatable bonds is 0. The van der Waals surface area contributed by atoms with Crippen molar-refractivity contribution in [3.63, 3.8) is 0 Å². The van der Waals surface area contributed by atoms with Crippen LogP contribution in [-0.4, -0.2) is 6.29 Å². The van der Waals surface area contributed by atoms with Crippen molar-refractivity contribution in [1.82, 2.24) is 0 Å². The van der Waals surface area contributed by atoms with Gasteiger partial charge in [-0.1, -0.05) is 24.1 Å². The summed E-state index contributed by atoms with van der Waals surface area (Å²) >= 11 is 0. The first-order chi connectivity index (χ1) is 5.34. The molecule has 0 heterocycles. The molecular formula is C10H8O. The average molecular weight is 144 g/mol. The van der Waals surface area contributed by atoms with E-state index in [1.165, 1.54) is 0 Å². The van der Waals surface area contributed by atoms with Crippen LogP contribution in [0.25, 0.3) is 0 Å². The Hall–Kier alpha value is -1.55. The molecule has 0 fully saturated rings. The smallest absolute Gasteiger partial charge is 0.193 e. The molecule has 0 spiro atoms. The fraction of sp³-hybridized carbons (Fsp3) is 0.100. The summed E-state index contributed by atoms with van der Waals surface area (Å²) in [6, 6.07) is 7.71. The van der Waals surface area contributed by atoms with E-state index in [0.29, 0.717) is 6.29 Å². The molecule has 0 saturated carbocycles. The van der Waals surface area contributed by atoms with Crippen molar-refractivity contribution in [2.45, 2.75) is 6.92 Å². The minimum Gasteiger partial charge on any atom is -0.289 e. The van der Waals surface area contributed by atoms with Gasteiger partial charge in [-0.2, -0.15) is 0 Å². The molecule has 1 nitrogen and oxygen atoms in total. The summed E-state index contributed by atoms with van der Waals surface area (Å²) in [7, 11) is 0. The number of hydrogen-bond acceptors (Lipinski definition) is 1. The van der Waals surface area contributed by atoms with E-state index in [-0.39, 0.29) is 0 Å². The lowest BCUT2D eigenvalue weighted by atomic mass is 10.1. The Morgan fingerprint density at radius 3 is 2.73 bits per heavy atom. The maximum Gasteiger partial charge on any atom is 0.193 e. The van der Waals surface area contributed by atoms with E-state index in [0.717, 1.165) is 11.1 Å². The molecule has 0 aliphatic rings. The molecule has 0 radical (unpaired) electrons. The molecule has 54 valence electrons. The third kappa shape index (κ3) is 1.94. The van der Waals surface area contributed by atoms with Gasteiger partial charge in [0.25, 0.3) is 0 Å². The van der Waals surface area contributed by atoms with Crippen molar-refractivity contribution in [2.75, 3.05) is 0 Å². The van der Waals surface area contributed by atoms with Crippen molar-refractivity contribution in [1.29, 1.82) is 0 Å². The van der Waals surface area contributed by atoms with Crippen LogP contribution in [0.15, 0.2) is 24.3 Å². The number of aldehydes is 1. The number of hydrogen-bond donors (Lipinski definition) is 0. The predicted molar refractivity (Wildman–Crippen MR) is 44.1 cm³/mol. The Bertz CT molecular complexity index is 315. The van der Waals surface area contributed by atoms with Crippen molar-refractivity contribution >= 4 is 6.29 Å². The minimum atomic E-state index is 0.604. The highest BCUT2D eigenvalue weighted by Crippen LogP contribution is 2.03. The summed E-state index contributed by atoms with van der Waals surface area (Å²) in [6.45, 7) is 1.97. The number of carbonyl (C=O) groups is 1. The van der Waals surface area contributed by atoms with Crippen LogP contribution in [0.5, 0.6) is 0 Å². The molecule has 1 rings (SSSR count). The standard InChI is InChI=1S/C10H8O/c1-9-5-2-3-6-10(9)7-4-8-11/h2-3,5-6,8H,1H3. The van der Waals surface area contributed by atoms with Crippen LogP contribution in [0.3, 0.4) is 0 Å². The molecule has 0 bridgehead atoms. The summed E-state index contributed by atoms with van der Waals surface area (Å²) in [4.78, 5) is 9.92. The van der Waals surface area contributed by atoms with Gasteiger partial charge in [0.05, 0.1) is 0 Å². The summed E-state index contributed by atoms with van der Waals surface area (Å²) < 4.78 is 0. The van der Waals surface area contributed by atoms with E-state index in [1.54, 1.807) is 0 Å². The summed E-state index contributed by atoms with van der Waals surface area (Å²) in [5.41, 5.74) is 2.02. The third-order valence-corrected chi connectivity index (χ3v) is 1.41. The van der Waals surface area contributed by atoms with Gasteiger partial charge in [-0.25, -0.2) is 0 Å². The van der Waals surface area contributed by atoms with Crippen LogP contribution in [0.1, 0.15) is 11.1 Å². The first kappa shape index (κ1) is 7.56. The second-order valence-corrected chi connectivity index (χ2v) is 2.20. The zero-order chi connectivity index (χ0) is 8.10. The van der Waals surface area contributed by atoms with Crippen LogP contribution in [0.4, 0.5) is 0 Å². The van der Waals surface area contributed by atoms with E-state index >= 15 is 0 Å². The van der Waals surface area contributed by atoms with Crippen molar-refractivity contribution in [2.24, 2.45) is 0 Å². The Labute approximate surface area is 66.1 Å². The minimum absolute atomic E-state index is 0.604. The van der Waals surface area contributed by atoms with Gasteiger partial charge in [-0.15, -0.1) is 0 Å².